The topological polar surface area (TPSA) is 140 Å². The molecule has 0 bridgehead atoms. The van der Waals surface area contributed by atoms with Crippen LogP contribution in [0.5, 0.6) is 0 Å². The number of aromatic nitrogens is 2. The van der Waals surface area contributed by atoms with E-state index in [1.807, 2.05) is 0 Å². The van der Waals surface area contributed by atoms with Gasteiger partial charge >= 0.3 is 12.3 Å². The van der Waals surface area contributed by atoms with Gasteiger partial charge in [-0.1, -0.05) is 0 Å². The number of alkyl carbamates (subject to hydrolysis) is 1. The molecule has 1 atom stereocenters. The summed E-state index contributed by atoms with van der Waals surface area (Å²) in [5, 5.41) is 11.8. The number of nitrogens with zero attached hydrogens (tertiary/aromatic N) is 2. The predicted molar refractivity (Wildman–Crippen MR) is 113 cm³/mol. The normalized spacial score (nSPS) is 18.5. The highest BCUT2D eigenvalue weighted by Crippen LogP contribution is 2.40. The number of nitrogens with one attached hydrogen (secondary N) is 2. The zero-order valence-electron chi connectivity index (χ0n) is 18.9. The van der Waals surface area contributed by atoms with Gasteiger partial charge in [0.15, 0.2) is 9.84 Å². The number of ether oxygens (including phenoxy) is 1. The number of anilines is 1. The fourth-order valence-corrected chi connectivity index (χ4v) is 4.48. The minimum atomic E-state index is -4.65. The summed E-state index contributed by atoms with van der Waals surface area (Å²) in [6.45, 7) is 6.57. The van der Waals surface area contributed by atoms with Gasteiger partial charge < -0.3 is 19.8 Å². The Hall–Kier alpha value is -3.16. The van der Waals surface area contributed by atoms with E-state index < -0.39 is 56.7 Å². The fraction of sp³-hybridized carbons (Fsp3) is 0.500. The van der Waals surface area contributed by atoms with Crippen molar-refractivity contribution in [2.45, 2.75) is 62.7 Å². The van der Waals surface area contributed by atoms with E-state index >= 15 is 0 Å². The van der Waals surface area contributed by atoms with E-state index in [1.165, 1.54) is 12.1 Å². The van der Waals surface area contributed by atoms with Crippen LogP contribution in [0.3, 0.4) is 0 Å². The zero-order chi connectivity index (χ0) is 25.7. The van der Waals surface area contributed by atoms with Gasteiger partial charge in [0.2, 0.25) is 17.7 Å². The van der Waals surface area contributed by atoms with Gasteiger partial charge in [0.25, 0.3) is 0 Å². The van der Waals surface area contributed by atoms with Crippen LogP contribution < -0.4 is 10.6 Å². The molecule has 0 saturated heterocycles. The van der Waals surface area contributed by atoms with Crippen molar-refractivity contribution >= 4 is 27.5 Å². The molecule has 2 aromatic rings. The van der Waals surface area contributed by atoms with Gasteiger partial charge in [-0.05, 0) is 52.8 Å². The molecular formula is C20H23F3N4O6S. The van der Waals surface area contributed by atoms with Gasteiger partial charge in [0.1, 0.15) is 17.1 Å². The SMILES string of the molecule is CC(C)(C)OC(=O)N[C@H]1CS(=O)(=O)c2ccc(-c3nnc(C(C)(C)C(F)(F)F)o3)cc2NC1=O. The molecule has 0 saturated carbocycles. The van der Waals surface area contributed by atoms with Crippen molar-refractivity contribution < 1.29 is 40.3 Å². The van der Waals surface area contributed by atoms with Crippen molar-refractivity contribution in [2.24, 2.45) is 0 Å². The molecule has 0 radical (unpaired) electrons. The number of rotatable bonds is 3. The molecule has 2 amide bonds. The first-order valence-corrected chi connectivity index (χ1v) is 11.6. The molecule has 14 heteroatoms. The number of amides is 2. The number of benzene rings is 1. The Labute approximate surface area is 193 Å². The summed E-state index contributed by atoms with van der Waals surface area (Å²) in [5.74, 6) is -2.53. The molecule has 10 nitrogen and oxygen atoms in total. The van der Waals surface area contributed by atoms with E-state index in [0.29, 0.717) is 0 Å². The van der Waals surface area contributed by atoms with Crippen LogP contribution in [0.1, 0.15) is 40.5 Å². The van der Waals surface area contributed by atoms with Crippen LogP contribution in [0, 0.1) is 0 Å². The maximum absolute atomic E-state index is 13.3. The van der Waals surface area contributed by atoms with E-state index in [1.54, 1.807) is 20.8 Å². The highest BCUT2D eigenvalue weighted by atomic mass is 32.2. The first-order valence-electron chi connectivity index (χ1n) is 9.99. The molecule has 1 aromatic carbocycles. The van der Waals surface area contributed by atoms with E-state index in [2.05, 4.69) is 20.8 Å². The molecule has 1 aromatic heterocycles. The molecule has 1 aliphatic heterocycles. The summed E-state index contributed by atoms with van der Waals surface area (Å²) < 4.78 is 75.8. The van der Waals surface area contributed by atoms with Crippen molar-refractivity contribution in [1.82, 2.24) is 15.5 Å². The molecule has 1 aliphatic rings. The van der Waals surface area contributed by atoms with Crippen LogP contribution in [-0.2, 0) is 24.8 Å². The number of carbonyl (C=O) groups excluding carboxylic acids is 2. The second-order valence-electron chi connectivity index (χ2n) is 9.22. The highest BCUT2D eigenvalue weighted by molar-refractivity contribution is 7.91. The van der Waals surface area contributed by atoms with Crippen molar-refractivity contribution in [3.05, 3.63) is 24.1 Å². The van der Waals surface area contributed by atoms with Gasteiger partial charge in [-0.2, -0.15) is 13.2 Å². The van der Waals surface area contributed by atoms with Gasteiger partial charge in [-0.25, -0.2) is 13.2 Å². The number of fused-ring (bicyclic) bond motifs is 1. The molecule has 2 N–H and O–H groups in total. The molecule has 34 heavy (non-hydrogen) atoms. The minimum absolute atomic E-state index is 0.0875. The molecule has 0 unspecified atom stereocenters. The van der Waals surface area contributed by atoms with Gasteiger partial charge in [-0.3, -0.25) is 4.79 Å². The third-order valence-electron chi connectivity index (χ3n) is 4.88. The van der Waals surface area contributed by atoms with E-state index in [-0.39, 0.29) is 22.0 Å². The van der Waals surface area contributed by atoms with Crippen LogP contribution in [0.15, 0.2) is 27.5 Å². The first-order chi connectivity index (χ1) is 15.4. The average molecular weight is 504 g/mol. The van der Waals surface area contributed by atoms with Crippen LogP contribution in [0.25, 0.3) is 11.5 Å². The summed E-state index contributed by atoms with van der Waals surface area (Å²) in [4.78, 5) is 24.4. The Morgan fingerprint density at radius 1 is 1.18 bits per heavy atom. The molecule has 186 valence electrons. The first kappa shape index (κ1) is 25.5. The van der Waals surface area contributed by atoms with E-state index in [4.69, 9.17) is 9.15 Å². The lowest BCUT2D eigenvalue weighted by Gasteiger charge is -2.23. The maximum atomic E-state index is 13.3. The molecule has 0 fully saturated rings. The molecular weight excluding hydrogens is 481 g/mol. The average Bonchev–Trinajstić information content (AvgIpc) is 3.12. The number of hydrogen-bond acceptors (Lipinski definition) is 8. The second kappa shape index (κ2) is 8.25. The van der Waals surface area contributed by atoms with Gasteiger partial charge in [0, 0.05) is 5.56 Å². The Bertz CT molecular complexity index is 1230. The fourth-order valence-electron chi connectivity index (χ4n) is 2.91. The van der Waals surface area contributed by atoms with Gasteiger partial charge in [0.05, 0.1) is 16.3 Å². The van der Waals surface area contributed by atoms with Crippen molar-refractivity contribution in [1.29, 1.82) is 0 Å². The Kier molecular flexibility index (Phi) is 6.18. The summed E-state index contributed by atoms with van der Waals surface area (Å²) in [6.07, 6.45) is -5.62. The van der Waals surface area contributed by atoms with Crippen molar-refractivity contribution in [3.63, 3.8) is 0 Å². The Morgan fingerprint density at radius 2 is 1.82 bits per heavy atom. The lowest BCUT2D eigenvalue weighted by molar-refractivity contribution is -0.185. The summed E-state index contributed by atoms with van der Waals surface area (Å²) in [5.41, 5.74) is -3.34. The quantitative estimate of drug-likeness (QED) is 0.649. The van der Waals surface area contributed by atoms with Crippen LogP contribution in [0.2, 0.25) is 0 Å². The third-order valence-corrected chi connectivity index (χ3v) is 6.68. The Balaban J connectivity index is 1.91. The number of carbonyl (C=O) groups is 2. The van der Waals surface area contributed by atoms with E-state index in [0.717, 1.165) is 19.9 Å². The van der Waals surface area contributed by atoms with Crippen LogP contribution >= 0.6 is 0 Å². The van der Waals surface area contributed by atoms with E-state index in [9.17, 15) is 31.2 Å². The smallest absolute Gasteiger partial charge is 0.408 e. The van der Waals surface area contributed by atoms with Crippen LogP contribution in [-0.4, -0.2) is 54.2 Å². The summed E-state index contributed by atoms with van der Waals surface area (Å²) >= 11 is 0. The number of sulfone groups is 1. The number of hydrogen-bond donors (Lipinski definition) is 2. The minimum Gasteiger partial charge on any atom is -0.444 e. The Morgan fingerprint density at radius 3 is 2.41 bits per heavy atom. The van der Waals surface area contributed by atoms with Gasteiger partial charge in [-0.15, -0.1) is 10.2 Å². The molecule has 3 rings (SSSR count). The third kappa shape index (κ3) is 5.16. The van der Waals surface area contributed by atoms with Crippen molar-refractivity contribution in [2.75, 3.05) is 11.1 Å². The number of halogens is 3. The predicted octanol–water partition coefficient (Wildman–Crippen LogP) is 3.20. The second-order valence-corrected chi connectivity index (χ2v) is 11.2. The largest absolute Gasteiger partial charge is 0.444 e. The molecule has 0 spiro atoms. The summed E-state index contributed by atoms with van der Waals surface area (Å²) in [6, 6.07) is 2.17. The standard InChI is InChI=1S/C20H23F3N4O6S/c1-18(2,3)33-17(29)25-12-9-34(30,31)13-7-6-10(8-11(13)24-14(12)28)15-26-27-16(32-15)19(4,5)20(21,22)23/h6-8,12H,9H2,1-5H3,(H,24,28)(H,25,29)/t12-/m0/s1. The lowest BCUT2D eigenvalue weighted by Crippen LogP contribution is -2.48. The highest BCUT2D eigenvalue weighted by Gasteiger charge is 2.52. The zero-order valence-corrected chi connectivity index (χ0v) is 19.7. The maximum Gasteiger partial charge on any atom is 0.408 e. The lowest BCUT2D eigenvalue weighted by atomic mass is 9.93. The monoisotopic (exact) mass is 504 g/mol. The van der Waals surface area contributed by atoms with Crippen molar-refractivity contribution in [3.8, 4) is 11.5 Å². The molecule has 2 heterocycles. The summed E-state index contributed by atoms with van der Waals surface area (Å²) in [7, 11) is -4.06. The van der Waals surface area contributed by atoms with Crippen LogP contribution in [0.4, 0.5) is 23.7 Å². The molecule has 0 aliphatic carbocycles. The number of alkyl halides is 3.